The summed E-state index contributed by atoms with van der Waals surface area (Å²) in [6.45, 7) is 1.02. The van der Waals surface area contributed by atoms with Crippen molar-refractivity contribution in [2.75, 3.05) is 6.61 Å². The number of aliphatic hydroxyl groups excluding tert-OH is 1. The van der Waals surface area contributed by atoms with Crippen LogP contribution in [-0.2, 0) is 17.9 Å². The minimum absolute atomic E-state index is 0.243. The maximum atomic E-state index is 9.92. The molecule has 110 valence electrons. The van der Waals surface area contributed by atoms with Gasteiger partial charge in [0.25, 0.3) is 0 Å². The zero-order chi connectivity index (χ0) is 14.5. The van der Waals surface area contributed by atoms with Crippen LogP contribution in [0.2, 0.25) is 0 Å². The van der Waals surface area contributed by atoms with Crippen LogP contribution in [0.25, 0.3) is 11.4 Å². The largest absolute Gasteiger partial charge is 0.389 e. The number of rotatable bonds is 7. The van der Waals surface area contributed by atoms with Gasteiger partial charge in [-0.05, 0) is 28.1 Å². The molecule has 0 spiro atoms. The third kappa shape index (κ3) is 3.94. The minimum Gasteiger partial charge on any atom is -0.389 e. The Kier molecular flexibility index (Phi) is 4.71. The highest BCUT2D eigenvalue weighted by atomic mass is 32.1. The summed E-state index contributed by atoms with van der Waals surface area (Å²) in [6.07, 6.45) is -0.658. The lowest BCUT2D eigenvalue weighted by atomic mass is 10.3. The van der Waals surface area contributed by atoms with Crippen molar-refractivity contribution >= 4 is 22.7 Å². The zero-order valence-corrected chi connectivity index (χ0v) is 12.8. The van der Waals surface area contributed by atoms with Crippen LogP contribution in [0.4, 0.5) is 0 Å². The molecule has 0 amide bonds. The molecule has 6 nitrogen and oxygen atoms in total. The topological polar surface area (TPSA) is 73.1 Å². The van der Waals surface area contributed by atoms with Crippen LogP contribution in [0.15, 0.2) is 34.3 Å². The second-order valence-electron chi connectivity index (χ2n) is 4.43. The van der Waals surface area contributed by atoms with Gasteiger partial charge in [0.2, 0.25) is 5.82 Å². The normalized spacial score (nSPS) is 12.6. The third-order valence-corrected chi connectivity index (χ3v) is 4.27. The minimum atomic E-state index is -0.658. The van der Waals surface area contributed by atoms with E-state index in [1.807, 2.05) is 34.3 Å². The van der Waals surface area contributed by atoms with Gasteiger partial charge in [0, 0.05) is 15.8 Å². The van der Waals surface area contributed by atoms with Crippen molar-refractivity contribution in [1.82, 2.24) is 20.2 Å². The van der Waals surface area contributed by atoms with Gasteiger partial charge in [-0.15, -0.1) is 21.5 Å². The summed E-state index contributed by atoms with van der Waals surface area (Å²) in [5.41, 5.74) is 0.940. The molecule has 3 rings (SSSR count). The van der Waals surface area contributed by atoms with Crippen LogP contribution in [0, 0.1) is 0 Å². The van der Waals surface area contributed by atoms with E-state index >= 15 is 0 Å². The Bertz CT molecular complexity index is 652. The van der Waals surface area contributed by atoms with Crippen molar-refractivity contribution in [2.24, 2.45) is 0 Å². The van der Waals surface area contributed by atoms with Crippen molar-refractivity contribution in [2.45, 2.75) is 19.3 Å². The summed E-state index contributed by atoms with van der Waals surface area (Å²) in [5, 5.41) is 28.0. The average Bonchev–Trinajstić information content (AvgIpc) is 3.21. The van der Waals surface area contributed by atoms with Gasteiger partial charge in [-0.2, -0.15) is 16.1 Å². The summed E-state index contributed by atoms with van der Waals surface area (Å²) in [4.78, 5) is 2.53. The molecule has 3 heterocycles. The predicted octanol–water partition coefficient (Wildman–Crippen LogP) is 2.04. The molecule has 0 aliphatic heterocycles. The van der Waals surface area contributed by atoms with Gasteiger partial charge in [-0.1, -0.05) is 6.07 Å². The molecule has 3 aromatic rings. The first-order valence-corrected chi connectivity index (χ1v) is 8.22. The number of ether oxygens (including phenoxy) is 1. The lowest BCUT2D eigenvalue weighted by Crippen LogP contribution is -2.23. The van der Waals surface area contributed by atoms with E-state index in [0.717, 1.165) is 10.4 Å². The molecule has 0 bridgehead atoms. The molecular formula is C13H14N4O2S2. The highest BCUT2D eigenvalue weighted by molar-refractivity contribution is 7.09. The Morgan fingerprint density at radius 1 is 1.33 bits per heavy atom. The standard InChI is InChI=1S/C13H14N4O2S2/c18-11(7-19-8-12-2-1-4-21-12)6-17-15-13(14-16-17)10-3-5-20-9-10/h1-5,9,11,18H,6-8H2/t11-/m1/s1. The summed E-state index contributed by atoms with van der Waals surface area (Å²) in [7, 11) is 0. The van der Waals surface area contributed by atoms with E-state index in [9.17, 15) is 5.11 Å². The highest BCUT2D eigenvalue weighted by Gasteiger charge is 2.11. The van der Waals surface area contributed by atoms with Crippen molar-refractivity contribution in [3.8, 4) is 11.4 Å². The first-order chi connectivity index (χ1) is 10.3. The van der Waals surface area contributed by atoms with E-state index < -0.39 is 6.10 Å². The zero-order valence-electron chi connectivity index (χ0n) is 11.1. The Balaban J connectivity index is 1.47. The van der Waals surface area contributed by atoms with Crippen molar-refractivity contribution in [3.63, 3.8) is 0 Å². The van der Waals surface area contributed by atoms with E-state index in [2.05, 4.69) is 15.4 Å². The van der Waals surface area contributed by atoms with E-state index in [1.54, 1.807) is 22.7 Å². The highest BCUT2D eigenvalue weighted by Crippen LogP contribution is 2.16. The Hall–Kier alpha value is -1.61. The van der Waals surface area contributed by atoms with Crippen LogP contribution in [0.5, 0.6) is 0 Å². The molecule has 0 fully saturated rings. The first kappa shape index (κ1) is 14.3. The van der Waals surface area contributed by atoms with Gasteiger partial charge in [-0.25, -0.2) is 0 Å². The van der Waals surface area contributed by atoms with Gasteiger partial charge < -0.3 is 9.84 Å². The molecule has 1 N–H and O–H groups in total. The molecule has 0 saturated carbocycles. The molecule has 0 radical (unpaired) electrons. The smallest absolute Gasteiger partial charge is 0.205 e. The monoisotopic (exact) mass is 322 g/mol. The maximum Gasteiger partial charge on any atom is 0.205 e. The number of aromatic nitrogens is 4. The molecule has 0 saturated heterocycles. The van der Waals surface area contributed by atoms with Crippen LogP contribution in [-0.4, -0.2) is 38.0 Å². The van der Waals surface area contributed by atoms with Gasteiger partial charge in [0.1, 0.15) is 0 Å². The number of hydrogen-bond donors (Lipinski definition) is 1. The fraction of sp³-hybridized carbons (Fsp3) is 0.308. The van der Waals surface area contributed by atoms with Crippen LogP contribution < -0.4 is 0 Å². The van der Waals surface area contributed by atoms with E-state index in [-0.39, 0.29) is 13.2 Å². The molecule has 21 heavy (non-hydrogen) atoms. The Morgan fingerprint density at radius 3 is 3.05 bits per heavy atom. The number of thiophene rings is 2. The van der Waals surface area contributed by atoms with E-state index in [4.69, 9.17) is 4.74 Å². The molecule has 3 aromatic heterocycles. The molecule has 0 aromatic carbocycles. The fourth-order valence-corrected chi connectivity index (χ4v) is 3.03. The number of aliphatic hydroxyl groups is 1. The van der Waals surface area contributed by atoms with E-state index in [1.165, 1.54) is 4.80 Å². The van der Waals surface area contributed by atoms with Gasteiger partial charge in [0.05, 0.1) is 25.9 Å². The summed E-state index contributed by atoms with van der Waals surface area (Å²) < 4.78 is 5.46. The third-order valence-electron chi connectivity index (χ3n) is 2.74. The van der Waals surface area contributed by atoms with Gasteiger partial charge >= 0.3 is 0 Å². The quantitative estimate of drug-likeness (QED) is 0.720. The molecule has 8 heteroatoms. The molecule has 1 atom stereocenters. The van der Waals surface area contributed by atoms with Gasteiger partial charge in [-0.3, -0.25) is 0 Å². The molecular weight excluding hydrogens is 308 g/mol. The maximum absolute atomic E-state index is 9.92. The van der Waals surface area contributed by atoms with E-state index in [0.29, 0.717) is 12.4 Å². The van der Waals surface area contributed by atoms with Crippen molar-refractivity contribution in [1.29, 1.82) is 0 Å². The number of nitrogens with zero attached hydrogens (tertiary/aromatic N) is 4. The average molecular weight is 322 g/mol. The lowest BCUT2D eigenvalue weighted by molar-refractivity contribution is 0.0174. The van der Waals surface area contributed by atoms with Gasteiger partial charge in [0.15, 0.2) is 0 Å². The van der Waals surface area contributed by atoms with Crippen molar-refractivity contribution < 1.29 is 9.84 Å². The van der Waals surface area contributed by atoms with Crippen LogP contribution in [0.3, 0.4) is 0 Å². The molecule has 0 unspecified atom stereocenters. The molecule has 0 aliphatic carbocycles. The second kappa shape index (κ2) is 6.90. The number of hydrogen-bond acceptors (Lipinski definition) is 7. The summed E-state index contributed by atoms with van der Waals surface area (Å²) in [5.74, 6) is 0.572. The van der Waals surface area contributed by atoms with Crippen LogP contribution >= 0.6 is 22.7 Å². The predicted molar refractivity (Wildman–Crippen MR) is 81.1 cm³/mol. The SMILES string of the molecule is O[C@@H](COCc1cccs1)Cn1nnc(-c2ccsc2)n1. The van der Waals surface area contributed by atoms with Crippen LogP contribution in [0.1, 0.15) is 4.88 Å². The fourth-order valence-electron chi connectivity index (χ4n) is 1.76. The van der Waals surface area contributed by atoms with Crippen molar-refractivity contribution in [3.05, 3.63) is 39.2 Å². The Morgan fingerprint density at radius 2 is 2.29 bits per heavy atom. The lowest BCUT2D eigenvalue weighted by Gasteiger charge is -2.09. The molecule has 0 aliphatic rings. The Labute approximate surface area is 129 Å². The number of tetrazole rings is 1. The first-order valence-electron chi connectivity index (χ1n) is 6.40. The summed E-state index contributed by atoms with van der Waals surface area (Å²) in [6, 6.07) is 5.92. The second-order valence-corrected chi connectivity index (χ2v) is 6.24. The summed E-state index contributed by atoms with van der Waals surface area (Å²) >= 11 is 3.22.